The lowest BCUT2D eigenvalue weighted by Crippen LogP contribution is -2.04. The largest absolute Gasteiger partial charge is 0.465 e. The highest BCUT2D eigenvalue weighted by Crippen LogP contribution is 2.29. The Balaban J connectivity index is 1.31. The van der Waals surface area contributed by atoms with E-state index in [1.54, 1.807) is 12.1 Å². The predicted octanol–water partition coefficient (Wildman–Crippen LogP) is 6.93. The Morgan fingerprint density at radius 3 is 1.45 bits per heavy atom. The van der Waals surface area contributed by atoms with Gasteiger partial charge in [-0.05, 0) is 81.6 Å². The van der Waals surface area contributed by atoms with Crippen molar-refractivity contribution in [2.75, 3.05) is 14.2 Å². The molecule has 0 atom stereocenters. The van der Waals surface area contributed by atoms with Crippen molar-refractivity contribution < 1.29 is 19.1 Å². The first-order valence-electron chi connectivity index (χ1n) is 13.0. The minimum absolute atomic E-state index is 0.335. The maximum Gasteiger partial charge on any atom is 0.337 e. The molecule has 0 amide bonds. The van der Waals surface area contributed by atoms with Crippen LogP contribution in [0.3, 0.4) is 0 Å². The van der Waals surface area contributed by atoms with Crippen LogP contribution in [0.4, 0.5) is 0 Å². The molecule has 0 aliphatic carbocycles. The molecule has 2 aromatic heterocycles. The SMILES string of the molecule is COC(=O)c1cccc(Cn2ccc3ccc(-c4ccc5ccn(Cc6cccc(C(=O)OC)c6)c5c4)cc32)c1. The summed E-state index contributed by atoms with van der Waals surface area (Å²) in [6.45, 7) is 1.29. The third-order valence-electron chi connectivity index (χ3n) is 7.28. The average molecular weight is 529 g/mol. The number of hydrogen-bond acceptors (Lipinski definition) is 4. The molecular formula is C34H28N2O4. The minimum Gasteiger partial charge on any atom is -0.465 e. The van der Waals surface area contributed by atoms with Crippen LogP contribution in [0.2, 0.25) is 0 Å². The molecule has 0 saturated carbocycles. The molecule has 4 aromatic carbocycles. The molecule has 6 nitrogen and oxygen atoms in total. The highest BCUT2D eigenvalue weighted by atomic mass is 16.5. The summed E-state index contributed by atoms with van der Waals surface area (Å²) >= 11 is 0. The summed E-state index contributed by atoms with van der Waals surface area (Å²) in [6.07, 6.45) is 4.16. The molecule has 0 bridgehead atoms. The van der Waals surface area contributed by atoms with Gasteiger partial charge in [-0.3, -0.25) is 0 Å². The lowest BCUT2D eigenvalue weighted by molar-refractivity contribution is 0.0591. The molecule has 0 aliphatic rings. The molecule has 40 heavy (non-hydrogen) atoms. The number of hydrogen-bond donors (Lipinski definition) is 0. The van der Waals surface area contributed by atoms with Gasteiger partial charge in [0.05, 0.1) is 25.3 Å². The Kier molecular flexibility index (Phi) is 6.66. The average Bonchev–Trinajstić information content (AvgIpc) is 3.59. The van der Waals surface area contributed by atoms with Crippen LogP contribution in [-0.2, 0) is 22.6 Å². The van der Waals surface area contributed by atoms with Crippen LogP contribution in [0.1, 0.15) is 31.8 Å². The van der Waals surface area contributed by atoms with Crippen molar-refractivity contribution >= 4 is 33.7 Å². The van der Waals surface area contributed by atoms with Gasteiger partial charge < -0.3 is 18.6 Å². The molecule has 2 heterocycles. The highest BCUT2D eigenvalue weighted by molar-refractivity contribution is 5.91. The van der Waals surface area contributed by atoms with Crippen LogP contribution in [0.5, 0.6) is 0 Å². The van der Waals surface area contributed by atoms with Gasteiger partial charge in [-0.2, -0.15) is 0 Å². The number of rotatable bonds is 7. The van der Waals surface area contributed by atoms with Crippen LogP contribution < -0.4 is 0 Å². The fourth-order valence-corrected chi connectivity index (χ4v) is 5.23. The topological polar surface area (TPSA) is 62.5 Å². The lowest BCUT2D eigenvalue weighted by atomic mass is 10.0. The zero-order valence-electron chi connectivity index (χ0n) is 22.3. The van der Waals surface area contributed by atoms with E-state index in [1.807, 2.05) is 36.4 Å². The first-order chi connectivity index (χ1) is 19.5. The van der Waals surface area contributed by atoms with Crippen molar-refractivity contribution in [3.05, 3.63) is 132 Å². The van der Waals surface area contributed by atoms with E-state index in [-0.39, 0.29) is 11.9 Å². The second kappa shape index (κ2) is 10.6. The van der Waals surface area contributed by atoms with Crippen molar-refractivity contribution in [2.24, 2.45) is 0 Å². The molecule has 0 aliphatic heterocycles. The summed E-state index contributed by atoms with van der Waals surface area (Å²) in [5, 5.41) is 2.31. The fourth-order valence-electron chi connectivity index (χ4n) is 5.23. The van der Waals surface area contributed by atoms with Gasteiger partial charge in [-0.25, -0.2) is 9.59 Å². The number of benzene rings is 4. The molecule has 0 saturated heterocycles. The Hall–Kier alpha value is -5.10. The van der Waals surface area contributed by atoms with Gasteiger partial charge in [0.1, 0.15) is 0 Å². The summed E-state index contributed by atoms with van der Waals surface area (Å²) in [5.74, 6) is -0.671. The summed E-state index contributed by atoms with van der Waals surface area (Å²) in [7, 11) is 2.79. The van der Waals surface area contributed by atoms with E-state index in [0.29, 0.717) is 24.2 Å². The van der Waals surface area contributed by atoms with E-state index in [4.69, 9.17) is 9.47 Å². The van der Waals surface area contributed by atoms with Crippen LogP contribution in [-0.4, -0.2) is 35.3 Å². The van der Waals surface area contributed by atoms with Crippen molar-refractivity contribution in [1.29, 1.82) is 0 Å². The van der Waals surface area contributed by atoms with E-state index < -0.39 is 0 Å². The van der Waals surface area contributed by atoms with Gasteiger partial charge >= 0.3 is 11.9 Å². The molecule has 6 rings (SSSR count). The summed E-state index contributed by atoms with van der Waals surface area (Å²) in [4.78, 5) is 24.0. The van der Waals surface area contributed by atoms with Gasteiger partial charge in [0.2, 0.25) is 0 Å². The third kappa shape index (κ3) is 4.87. The van der Waals surface area contributed by atoms with Gasteiger partial charge in [0.25, 0.3) is 0 Å². The zero-order valence-corrected chi connectivity index (χ0v) is 22.3. The maximum atomic E-state index is 12.0. The molecule has 0 unspecified atom stereocenters. The smallest absolute Gasteiger partial charge is 0.337 e. The van der Waals surface area contributed by atoms with Crippen LogP contribution in [0, 0.1) is 0 Å². The van der Waals surface area contributed by atoms with E-state index in [0.717, 1.165) is 44.1 Å². The molecule has 198 valence electrons. The summed E-state index contributed by atoms with van der Waals surface area (Å²) in [5.41, 5.74) is 7.64. The molecule has 0 N–H and O–H groups in total. The Labute approximate surface area is 232 Å². The normalized spacial score (nSPS) is 11.2. The van der Waals surface area contributed by atoms with E-state index in [9.17, 15) is 9.59 Å². The van der Waals surface area contributed by atoms with E-state index in [1.165, 1.54) is 14.2 Å². The monoisotopic (exact) mass is 528 g/mol. The fraction of sp³-hybridized carbons (Fsp3) is 0.118. The first kappa shape index (κ1) is 25.2. The van der Waals surface area contributed by atoms with Crippen molar-refractivity contribution in [1.82, 2.24) is 9.13 Å². The molecule has 6 aromatic rings. The number of esters is 2. The standard InChI is InChI=1S/C34H28N2O4/c1-39-33(37)29-7-3-5-23(17-29)21-35-15-13-25-9-11-27(19-31(25)35)28-12-10-26-14-16-36(32(26)20-28)22-24-6-4-8-30(18-24)34(38)40-2/h3-20H,21-22H2,1-2H3. The number of methoxy groups -OCH3 is 2. The molecule has 0 radical (unpaired) electrons. The lowest BCUT2D eigenvalue weighted by Gasteiger charge is -2.10. The van der Waals surface area contributed by atoms with Gasteiger partial charge in [-0.1, -0.05) is 48.5 Å². The number of carbonyl (C=O) groups excluding carboxylic acids is 2. The number of fused-ring (bicyclic) bond motifs is 2. The Bertz CT molecular complexity index is 1740. The van der Waals surface area contributed by atoms with Crippen molar-refractivity contribution in [3.8, 4) is 11.1 Å². The number of nitrogens with zero attached hydrogens (tertiary/aromatic N) is 2. The van der Waals surface area contributed by atoms with Crippen LogP contribution in [0.15, 0.2) is 109 Å². The molecule has 6 heteroatoms. The van der Waals surface area contributed by atoms with E-state index in [2.05, 4.69) is 70.1 Å². The van der Waals surface area contributed by atoms with Crippen molar-refractivity contribution in [2.45, 2.75) is 13.1 Å². The van der Waals surface area contributed by atoms with Crippen molar-refractivity contribution in [3.63, 3.8) is 0 Å². The summed E-state index contributed by atoms with van der Waals surface area (Å²) < 4.78 is 14.2. The molecule has 0 fully saturated rings. The summed E-state index contributed by atoms with van der Waals surface area (Å²) in [6, 6.07) is 32.3. The first-order valence-corrected chi connectivity index (χ1v) is 13.0. The maximum absolute atomic E-state index is 12.0. The number of carbonyl (C=O) groups is 2. The highest BCUT2D eigenvalue weighted by Gasteiger charge is 2.11. The van der Waals surface area contributed by atoms with Gasteiger partial charge in [0, 0.05) is 36.5 Å². The van der Waals surface area contributed by atoms with Gasteiger partial charge in [0.15, 0.2) is 0 Å². The number of ether oxygens (including phenoxy) is 2. The van der Waals surface area contributed by atoms with E-state index >= 15 is 0 Å². The Morgan fingerprint density at radius 2 is 1.02 bits per heavy atom. The number of aromatic nitrogens is 2. The quantitative estimate of drug-likeness (QED) is 0.211. The third-order valence-corrected chi connectivity index (χ3v) is 7.28. The second-order valence-corrected chi connectivity index (χ2v) is 9.82. The minimum atomic E-state index is -0.335. The van der Waals surface area contributed by atoms with Gasteiger partial charge in [-0.15, -0.1) is 0 Å². The second-order valence-electron chi connectivity index (χ2n) is 9.82. The van der Waals surface area contributed by atoms with Crippen LogP contribution >= 0.6 is 0 Å². The molecular weight excluding hydrogens is 500 g/mol. The molecule has 0 spiro atoms. The predicted molar refractivity (Wildman–Crippen MR) is 157 cm³/mol. The van der Waals surface area contributed by atoms with Crippen LogP contribution in [0.25, 0.3) is 32.9 Å². The Morgan fingerprint density at radius 1 is 0.575 bits per heavy atom. The zero-order chi connectivity index (χ0) is 27.6.